The van der Waals surface area contributed by atoms with E-state index in [1.165, 1.54) is 11.1 Å². The summed E-state index contributed by atoms with van der Waals surface area (Å²) in [5, 5.41) is 0. The predicted octanol–water partition coefficient (Wildman–Crippen LogP) is 3.63. The van der Waals surface area contributed by atoms with E-state index in [0.29, 0.717) is 12.5 Å². The molecular weight excluding hydrogens is 314 g/mol. The van der Waals surface area contributed by atoms with Crippen molar-refractivity contribution >= 4 is 27.6 Å². The second-order valence-electron chi connectivity index (χ2n) is 4.93. The lowest BCUT2D eigenvalue weighted by atomic mass is 10.0. The number of halogens is 1. The van der Waals surface area contributed by atoms with Crippen molar-refractivity contribution in [2.45, 2.75) is 13.0 Å². The van der Waals surface area contributed by atoms with Crippen LogP contribution in [-0.2, 0) is 0 Å². The van der Waals surface area contributed by atoms with Crippen molar-refractivity contribution in [1.82, 2.24) is 0 Å². The Balaban J connectivity index is 2.03. The van der Waals surface area contributed by atoms with Crippen LogP contribution in [0, 0.1) is 6.92 Å². The minimum Gasteiger partial charge on any atom is -0.369 e. The van der Waals surface area contributed by atoms with E-state index in [4.69, 9.17) is 5.73 Å². The molecule has 0 fully saturated rings. The van der Waals surface area contributed by atoms with Crippen LogP contribution in [0.5, 0.6) is 0 Å². The van der Waals surface area contributed by atoms with Gasteiger partial charge in [-0.25, -0.2) is 0 Å². The molecule has 3 nitrogen and oxygen atoms in total. The lowest BCUT2D eigenvalue weighted by molar-refractivity contribution is 0.766. The smallest absolute Gasteiger partial charge is 0.196 e. The predicted molar refractivity (Wildman–Crippen MR) is 87.0 cm³/mol. The van der Waals surface area contributed by atoms with Crippen LogP contribution in [0.3, 0.4) is 0 Å². The van der Waals surface area contributed by atoms with Crippen molar-refractivity contribution in [3.63, 3.8) is 0 Å². The fraction of sp³-hybridized carbons (Fsp3) is 0.188. The molecule has 0 amide bonds. The molecular formula is C16H16BrN3. The Labute approximate surface area is 127 Å². The molecule has 0 aromatic heterocycles. The molecule has 1 aliphatic rings. The molecule has 1 heterocycles. The maximum absolute atomic E-state index is 6.11. The molecule has 0 saturated carbocycles. The monoisotopic (exact) mass is 329 g/mol. The number of nitrogens with zero attached hydrogens (tertiary/aromatic N) is 2. The summed E-state index contributed by atoms with van der Waals surface area (Å²) < 4.78 is 1.07. The number of nitrogens with two attached hydrogens (primary N) is 1. The Kier molecular flexibility index (Phi) is 3.49. The summed E-state index contributed by atoms with van der Waals surface area (Å²) in [6, 6.07) is 16.7. The Morgan fingerprint density at radius 3 is 2.75 bits per heavy atom. The van der Waals surface area contributed by atoms with Crippen LogP contribution in [0.4, 0.5) is 5.69 Å². The van der Waals surface area contributed by atoms with E-state index >= 15 is 0 Å². The molecule has 0 radical (unpaired) electrons. The SMILES string of the molecule is Cc1ccccc1N1C(N)=NCC1c1cccc(Br)c1. The van der Waals surface area contributed by atoms with Crippen LogP contribution in [-0.4, -0.2) is 12.5 Å². The van der Waals surface area contributed by atoms with E-state index in [0.717, 1.165) is 10.2 Å². The van der Waals surface area contributed by atoms with Crippen molar-refractivity contribution in [2.24, 2.45) is 10.7 Å². The first kappa shape index (κ1) is 13.2. The minimum atomic E-state index is 0.161. The number of benzene rings is 2. The van der Waals surface area contributed by atoms with Gasteiger partial charge in [-0.15, -0.1) is 0 Å². The quantitative estimate of drug-likeness (QED) is 0.913. The molecule has 2 aromatic carbocycles. The third kappa shape index (κ3) is 2.31. The van der Waals surface area contributed by atoms with Crippen molar-refractivity contribution < 1.29 is 0 Å². The van der Waals surface area contributed by atoms with E-state index in [1.807, 2.05) is 24.3 Å². The second-order valence-corrected chi connectivity index (χ2v) is 5.84. The minimum absolute atomic E-state index is 0.161. The van der Waals surface area contributed by atoms with Gasteiger partial charge < -0.3 is 10.6 Å². The van der Waals surface area contributed by atoms with E-state index in [-0.39, 0.29) is 6.04 Å². The molecule has 0 bridgehead atoms. The summed E-state index contributed by atoms with van der Waals surface area (Å²) in [5.74, 6) is 0.587. The zero-order valence-corrected chi connectivity index (χ0v) is 12.8. The summed E-state index contributed by atoms with van der Waals surface area (Å²) >= 11 is 3.53. The number of hydrogen-bond donors (Lipinski definition) is 1. The van der Waals surface area contributed by atoms with Gasteiger partial charge in [-0.1, -0.05) is 46.3 Å². The molecule has 0 spiro atoms. The lowest BCUT2D eigenvalue weighted by Gasteiger charge is -2.28. The molecule has 102 valence electrons. The Morgan fingerprint density at radius 2 is 2.00 bits per heavy atom. The van der Waals surface area contributed by atoms with Gasteiger partial charge in [0.25, 0.3) is 0 Å². The van der Waals surface area contributed by atoms with Gasteiger partial charge in [0.1, 0.15) is 0 Å². The molecule has 0 saturated heterocycles. The van der Waals surface area contributed by atoms with E-state index < -0.39 is 0 Å². The van der Waals surface area contributed by atoms with Crippen molar-refractivity contribution in [3.05, 3.63) is 64.1 Å². The molecule has 1 aliphatic heterocycles. The Bertz CT molecular complexity index is 666. The molecule has 3 rings (SSSR count). The molecule has 0 aliphatic carbocycles. The highest BCUT2D eigenvalue weighted by Gasteiger charge is 2.29. The highest BCUT2D eigenvalue weighted by atomic mass is 79.9. The Morgan fingerprint density at radius 1 is 1.20 bits per heavy atom. The molecule has 1 atom stereocenters. The number of para-hydroxylation sites is 1. The van der Waals surface area contributed by atoms with E-state index in [1.54, 1.807) is 0 Å². The zero-order chi connectivity index (χ0) is 14.1. The number of aliphatic imine (C=N–C) groups is 1. The van der Waals surface area contributed by atoms with Crippen LogP contribution in [0.15, 0.2) is 58.0 Å². The van der Waals surface area contributed by atoms with Crippen LogP contribution in [0.25, 0.3) is 0 Å². The highest BCUT2D eigenvalue weighted by Crippen LogP contribution is 2.33. The van der Waals surface area contributed by atoms with Crippen LogP contribution in [0.2, 0.25) is 0 Å². The summed E-state index contributed by atoms with van der Waals surface area (Å²) in [6.07, 6.45) is 0. The standard InChI is InChI=1S/C16H16BrN3/c1-11-5-2-3-8-14(11)20-15(10-19-16(20)18)12-6-4-7-13(17)9-12/h2-9,15H,10H2,1H3,(H2,18,19). The third-order valence-corrected chi connectivity index (χ3v) is 4.09. The number of aryl methyl sites for hydroxylation is 1. The molecule has 4 heteroatoms. The lowest BCUT2D eigenvalue weighted by Crippen LogP contribution is -2.36. The van der Waals surface area contributed by atoms with Gasteiger partial charge in [-0.05, 0) is 36.2 Å². The van der Waals surface area contributed by atoms with Gasteiger partial charge in [0.2, 0.25) is 0 Å². The van der Waals surface area contributed by atoms with Gasteiger partial charge in [-0.3, -0.25) is 4.99 Å². The molecule has 20 heavy (non-hydrogen) atoms. The van der Waals surface area contributed by atoms with Crippen LogP contribution < -0.4 is 10.6 Å². The van der Waals surface area contributed by atoms with Gasteiger partial charge in [-0.2, -0.15) is 0 Å². The van der Waals surface area contributed by atoms with Gasteiger partial charge in [0, 0.05) is 10.2 Å². The average Bonchev–Trinajstić information content (AvgIpc) is 2.81. The fourth-order valence-electron chi connectivity index (χ4n) is 2.59. The van der Waals surface area contributed by atoms with E-state index in [2.05, 4.69) is 57.0 Å². The first-order chi connectivity index (χ1) is 9.66. The van der Waals surface area contributed by atoms with Gasteiger partial charge >= 0.3 is 0 Å². The van der Waals surface area contributed by atoms with Crippen molar-refractivity contribution in [3.8, 4) is 0 Å². The Hall–Kier alpha value is -1.81. The highest BCUT2D eigenvalue weighted by molar-refractivity contribution is 9.10. The van der Waals surface area contributed by atoms with E-state index in [9.17, 15) is 0 Å². The number of anilines is 1. The first-order valence-corrected chi connectivity index (χ1v) is 7.36. The topological polar surface area (TPSA) is 41.6 Å². The summed E-state index contributed by atoms with van der Waals surface area (Å²) in [5.41, 5.74) is 9.65. The van der Waals surface area contributed by atoms with Crippen LogP contribution >= 0.6 is 15.9 Å². The van der Waals surface area contributed by atoms with Crippen molar-refractivity contribution in [1.29, 1.82) is 0 Å². The number of guanidine groups is 1. The first-order valence-electron chi connectivity index (χ1n) is 6.57. The molecule has 2 N–H and O–H groups in total. The molecule has 2 aromatic rings. The summed E-state index contributed by atoms with van der Waals surface area (Å²) in [7, 11) is 0. The largest absolute Gasteiger partial charge is 0.369 e. The number of hydrogen-bond acceptors (Lipinski definition) is 3. The van der Waals surface area contributed by atoms with Gasteiger partial charge in [0.05, 0.1) is 12.6 Å². The fourth-order valence-corrected chi connectivity index (χ4v) is 3.01. The number of rotatable bonds is 2. The average molecular weight is 330 g/mol. The summed E-state index contributed by atoms with van der Waals surface area (Å²) in [4.78, 5) is 6.55. The summed E-state index contributed by atoms with van der Waals surface area (Å²) in [6.45, 7) is 2.79. The maximum Gasteiger partial charge on any atom is 0.196 e. The zero-order valence-electron chi connectivity index (χ0n) is 11.3. The second kappa shape index (κ2) is 5.29. The molecule has 1 unspecified atom stereocenters. The third-order valence-electron chi connectivity index (χ3n) is 3.59. The normalized spacial score (nSPS) is 18.2. The van der Waals surface area contributed by atoms with Crippen molar-refractivity contribution in [2.75, 3.05) is 11.4 Å². The van der Waals surface area contributed by atoms with Crippen LogP contribution in [0.1, 0.15) is 17.2 Å². The maximum atomic E-state index is 6.11. The van der Waals surface area contributed by atoms with Gasteiger partial charge in [0.15, 0.2) is 5.96 Å².